The van der Waals surface area contributed by atoms with E-state index in [-0.39, 0.29) is 6.03 Å². The fourth-order valence-corrected chi connectivity index (χ4v) is 1.74. The standard InChI is InChI=1S/C14H18N4O/c19-14(17-9-12-5-2-1-3-6-12)16-8-4-7-13-10-15-11-18-13/h1-3,5-6,10-11H,4,7-9H2,(H,15,18)(H2,16,17,19). The minimum atomic E-state index is -0.133. The van der Waals surface area contributed by atoms with E-state index >= 15 is 0 Å². The predicted molar refractivity (Wildman–Crippen MR) is 73.6 cm³/mol. The van der Waals surface area contributed by atoms with Gasteiger partial charge in [0.25, 0.3) is 0 Å². The first kappa shape index (κ1) is 13.1. The molecule has 2 aromatic rings. The van der Waals surface area contributed by atoms with E-state index in [9.17, 15) is 4.79 Å². The molecule has 0 unspecified atom stereocenters. The Kier molecular flexibility index (Phi) is 4.98. The van der Waals surface area contributed by atoms with Crippen LogP contribution in [0.15, 0.2) is 42.9 Å². The van der Waals surface area contributed by atoms with Gasteiger partial charge in [-0.25, -0.2) is 9.78 Å². The molecule has 0 saturated carbocycles. The Bertz CT molecular complexity index is 481. The summed E-state index contributed by atoms with van der Waals surface area (Å²) in [7, 11) is 0. The molecule has 5 heteroatoms. The van der Waals surface area contributed by atoms with E-state index in [1.165, 1.54) is 0 Å². The largest absolute Gasteiger partial charge is 0.351 e. The molecule has 0 saturated heterocycles. The minimum Gasteiger partial charge on any atom is -0.351 e. The number of urea groups is 1. The maximum absolute atomic E-state index is 11.5. The van der Waals surface area contributed by atoms with Gasteiger partial charge in [0, 0.05) is 19.3 Å². The second-order valence-corrected chi connectivity index (χ2v) is 4.26. The van der Waals surface area contributed by atoms with Crippen molar-refractivity contribution >= 4 is 6.03 Å². The van der Waals surface area contributed by atoms with Crippen LogP contribution < -0.4 is 10.6 Å². The highest BCUT2D eigenvalue weighted by molar-refractivity contribution is 5.73. The predicted octanol–water partition coefficient (Wildman–Crippen LogP) is 1.84. The van der Waals surface area contributed by atoms with Gasteiger partial charge in [0.2, 0.25) is 0 Å². The fraction of sp³-hybridized carbons (Fsp3) is 0.286. The van der Waals surface area contributed by atoms with Gasteiger partial charge in [-0.3, -0.25) is 0 Å². The number of rotatable bonds is 6. The molecule has 2 amide bonds. The summed E-state index contributed by atoms with van der Waals surface area (Å²) in [5.74, 6) is 0. The van der Waals surface area contributed by atoms with Crippen molar-refractivity contribution < 1.29 is 4.79 Å². The van der Waals surface area contributed by atoms with Crippen LogP contribution in [0.1, 0.15) is 17.7 Å². The molecule has 0 atom stereocenters. The first-order valence-electron chi connectivity index (χ1n) is 6.38. The number of aromatic amines is 1. The van der Waals surface area contributed by atoms with E-state index in [0.717, 1.165) is 24.1 Å². The molecule has 5 nitrogen and oxygen atoms in total. The van der Waals surface area contributed by atoms with Gasteiger partial charge in [0.15, 0.2) is 0 Å². The lowest BCUT2D eigenvalue weighted by molar-refractivity contribution is 0.240. The van der Waals surface area contributed by atoms with E-state index in [4.69, 9.17) is 0 Å². The summed E-state index contributed by atoms with van der Waals surface area (Å²) in [5.41, 5.74) is 2.11. The maximum Gasteiger partial charge on any atom is 0.315 e. The summed E-state index contributed by atoms with van der Waals surface area (Å²) in [6.45, 7) is 1.19. The molecule has 2 rings (SSSR count). The number of nitrogens with one attached hydrogen (secondary N) is 3. The van der Waals surface area contributed by atoms with Crippen LogP contribution in [0.3, 0.4) is 0 Å². The van der Waals surface area contributed by atoms with Gasteiger partial charge in [0.1, 0.15) is 0 Å². The lowest BCUT2D eigenvalue weighted by atomic mass is 10.2. The Hall–Kier alpha value is -2.30. The zero-order valence-electron chi connectivity index (χ0n) is 10.7. The molecule has 0 spiro atoms. The molecule has 0 fully saturated rings. The van der Waals surface area contributed by atoms with Gasteiger partial charge in [-0.1, -0.05) is 30.3 Å². The van der Waals surface area contributed by atoms with Crippen molar-refractivity contribution in [1.29, 1.82) is 0 Å². The van der Waals surface area contributed by atoms with E-state index in [1.54, 1.807) is 6.33 Å². The summed E-state index contributed by atoms with van der Waals surface area (Å²) in [5, 5.41) is 5.65. The van der Waals surface area contributed by atoms with Crippen molar-refractivity contribution in [2.45, 2.75) is 19.4 Å². The molecule has 1 aromatic carbocycles. The van der Waals surface area contributed by atoms with Crippen molar-refractivity contribution in [3.05, 3.63) is 54.1 Å². The summed E-state index contributed by atoms with van der Waals surface area (Å²) in [6, 6.07) is 9.71. The number of aromatic nitrogens is 2. The van der Waals surface area contributed by atoms with E-state index in [1.807, 2.05) is 36.5 Å². The number of hydrogen-bond donors (Lipinski definition) is 3. The van der Waals surface area contributed by atoms with E-state index < -0.39 is 0 Å². The highest BCUT2D eigenvalue weighted by Gasteiger charge is 2.00. The number of carbonyl (C=O) groups is 1. The second-order valence-electron chi connectivity index (χ2n) is 4.26. The SMILES string of the molecule is O=C(NCCCc1c[nH]cn1)NCc1ccccc1. The molecule has 0 bridgehead atoms. The Morgan fingerprint density at radius 3 is 2.79 bits per heavy atom. The van der Waals surface area contributed by atoms with Crippen LogP contribution in [0, 0.1) is 0 Å². The van der Waals surface area contributed by atoms with Gasteiger partial charge in [-0.05, 0) is 18.4 Å². The Labute approximate surface area is 112 Å². The molecule has 0 aliphatic carbocycles. The third-order valence-electron chi connectivity index (χ3n) is 2.75. The average molecular weight is 258 g/mol. The molecule has 0 aliphatic heterocycles. The topological polar surface area (TPSA) is 69.8 Å². The second kappa shape index (κ2) is 7.20. The molecule has 0 aliphatic rings. The van der Waals surface area contributed by atoms with Gasteiger partial charge in [-0.15, -0.1) is 0 Å². The summed E-state index contributed by atoms with van der Waals surface area (Å²) in [6.07, 6.45) is 5.27. The fourth-order valence-electron chi connectivity index (χ4n) is 1.74. The molecular formula is C14H18N4O. The summed E-state index contributed by atoms with van der Waals surface area (Å²) in [4.78, 5) is 18.6. The van der Waals surface area contributed by atoms with E-state index in [2.05, 4.69) is 20.6 Å². The minimum absolute atomic E-state index is 0.133. The smallest absolute Gasteiger partial charge is 0.315 e. The van der Waals surface area contributed by atoms with Crippen molar-refractivity contribution in [1.82, 2.24) is 20.6 Å². The van der Waals surface area contributed by atoms with Gasteiger partial charge < -0.3 is 15.6 Å². The van der Waals surface area contributed by atoms with Gasteiger partial charge in [-0.2, -0.15) is 0 Å². The van der Waals surface area contributed by atoms with Crippen molar-refractivity contribution in [3.8, 4) is 0 Å². The molecule has 1 heterocycles. The number of H-pyrrole nitrogens is 1. The number of amides is 2. The zero-order valence-corrected chi connectivity index (χ0v) is 10.7. The number of nitrogens with zero attached hydrogens (tertiary/aromatic N) is 1. The Balaban J connectivity index is 1.57. The highest BCUT2D eigenvalue weighted by atomic mass is 16.2. The van der Waals surface area contributed by atoms with Crippen LogP contribution >= 0.6 is 0 Å². The molecule has 100 valence electrons. The zero-order chi connectivity index (χ0) is 13.3. The third-order valence-corrected chi connectivity index (χ3v) is 2.75. The van der Waals surface area contributed by atoms with Crippen LogP contribution in [0.25, 0.3) is 0 Å². The first-order valence-corrected chi connectivity index (χ1v) is 6.38. The van der Waals surface area contributed by atoms with Gasteiger partial charge in [0.05, 0.1) is 12.0 Å². The van der Waals surface area contributed by atoms with Crippen LogP contribution in [0.4, 0.5) is 4.79 Å². The molecule has 0 radical (unpaired) electrons. The number of hydrogen-bond acceptors (Lipinski definition) is 2. The third kappa shape index (κ3) is 4.83. The molecular weight excluding hydrogens is 240 g/mol. The number of carbonyl (C=O) groups excluding carboxylic acids is 1. The van der Waals surface area contributed by atoms with Crippen LogP contribution in [-0.2, 0) is 13.0 Å². The van der Waals surface area contributed by atoms with E-state index in [0.29, 0.717) is 13.1 Å². The van der Waals surface area contributed by atoms with Crippen molar-refractivity contribution in [3.63, 3.8) is 0 Å². The van der Waals surface area contributed by atoms with Gasteiger partial charge >= 0.3 is 6.03 Å². The maximum atomic E-state index is 11.5. The quantitative estimate of drug-likeness (QED) is 0.692. The Morgan fingerprint density at radius 2 is 2.05 bits per heavy atom. The normalized spacial score (nSPS) is 10.1. The highest BCUT2D eigenvalue weighted by Crippen LogP contribution is 1.97. The van der Waals surface area contributed by atoms with Crippen molar-refractivity contribution in [2.75, 3.05) is 6.54 Å². The van der Waals surface area contributed by atoms with Crippen LogP contribution in [0.2, 0.25) is 0 Å². The number of aryl methyl sites for hydroxylation is 1. The lowest BCUT2D eigenvalue weighted by Crippen LogP contribution is -2.35. The van der Waals surface area contributed by atoms with Crippen LogP contribution in [-0.4, -0.2) is 22.5 Å². The average Bonchev–Trinajstić information content (AvgIpc) is 2.96. The summed E-state index contributed by atoms with van der Waals surface area (Å²) >= 11 is 0. The molecule has 1 aromatic heterocycles. The Morgan fingerprint density at radius 1 is 1.21 bits per heavy atom. The molecule has 3 N–H and O–H groups in total. The monoisotopic (exact) mass is 258 g/mol. The first-order chi connectivity index (χ1) is 9.34. The number of imidazole rings is 1. The summed E-state index contributed by atoms with van der Waals surface area (Å²) < 4.78 is 0. The van der Waals surface area contributed by atoms with Crippen molar-refractivity contribution in [2.24, 2.45) is 0 Å². The number of benzene rings is 1. The van der Waals surface area contributed by atoms with Crippen LogP contribution in [0.5, 0.6) is 0 Å². The molecule has 19 heavy (non-hydrogen) atoms. The lowest BCUT2D eigenvalue weighted by Gasteiger charge is -2.07.